The number of esters is 1. The normalized spacial score (nSPS) is 16.9. The molecule has 2 N–H and O–H groups in total. The van der Waals surface area contributed by atoms with Crippen LogP contribution in [0, 0.1) is 0 Å². The van der Waals surface area contributed by atoms with Crippen molar-refractivity contribution in [1.82, 2.24) is 9.97 Å². The Hall–Kier alpha value is -2.86. The van der Waals surface area contributed by atoms with Crippen LogP contribution in [0.15, 0.2) is 24.4 Å². The summed E-state index contributed by atoms with van der Waals surface area (Å²) >= 11 is 0. The van der Waals surface area contributed by atoms with Gasteiger partial charge in [0.05, 0.1) is 23.9 Å². The average Bonchev–Trinajstić information content (AvgIpc) is 2.97. The van der Waals surface area contributed by atoms with Crippen molar-refractivity contribution in [3.63, 3.8) is 0 Å². The van der Waals surface area contributed by atoms with E-state index in [1.54, 1.807) is 12.1 Å². The number of anilines is 3. The number of aromatic nitrogens is 2. The predicted octanol–water partition coefficient (Wildman–Crippen LogP) is 4.15. The van der Waals surface area contributed by atoms with Crippen LogP contribution in [0.3, 0.4) is 0 Å². The van der Waals surface area contributed by atoms with Crippen molar-refractivity contribution >= 4 is 36.0 Å². The summed E-state index contributed by atoms with van der Waals surface area (Å²) in [6, 6.07) is 4.76. The van der Waals surface area contributed by atoms with Gasteiger partial charge < -0.3 is 24.7 Å². The van der Waals surface area contributed by atoms with Gasteiger partial charge in [-0.3, -0.25) is 0 Å². The molecule has 2 heterocycles. The summed E-state index contributed by atoms with van der Waals surface area (Å²) in [6.45, 7) is 9.73. The van der Waals surface area contributed by atoms with E-state index in [9.17, 15) is 18.0 Å². The summed E-state index contributed by atoms with van der Waals surface area (Å²) < 4.78 is 56.9. The lowest BCUT2D eigenvalue weighted by Crippen LogP contribution is -2.41. The summed E-state index contributed by atoms with van der Waals surface area (Å²) in [7, 11) is 0.446. The summed E-state index contributed by atoms with van der Waals surface area (Å²) in [5.41, 5.74) is -1.16. The number of halogens is 3. The molecule has 1 aromatic heterocycles. The van der Waals surface area contributed by atoms with Gasteiger partial charge in [0.1, 0.15) is 11.4 Å². The van der Waals surface area contributed by atoms with Gasteiger partial charge in [0, 0.05) is 18.4 Å². The summed E-state index contributed by atoms with van der Waals surface area (Å²) in [5.74, 6) is -1.01. The second-order valence-electron chi connectivity index (χ2n) is 8.89. The monoisotopic (exact) mass is 480 g/mol. The van der Waals surface area contributed by atoms with Crippen molar-refractivity contribution < 1.29 is 32.0 Å². The van der Waals surface area contributed by atoms with Gasteiger partial charge in [-0.2, -0.15) is 18.2 Å². The van der Waals surface area contributed by atoms with Crippen molar-refractivity contribution in [3.05, 3.63) is 35.5 Å². The van der Waals surface area contributed by atoms with Gasteiger partial charge in [0.2, 0.25) is 5.95 Å². The largest absolute Gasteiger partial charge is 0.495 e. The van der Waals surface area contributed by atoms with Gasteiger partial charge in [-0.1, -0.05) is 13.0 Å². The highest BCUT2D eigenvalue weighted by atomic mass is 19.4. The molecule has 1 aliphatic rings. The first kappa shape index (κ1) is 25.8. The van der Waals surface area contributed by atoms with Crippen molar-refractivity contribution in [1.29, 1.82) is 0 Å². The third kappa shape index (κ3) is 5.28. The molecule has 34 heavy (non-hydrogen) atoms. The van der Waals surface area contributed by atoms with Crippen molar-refractivity contribution in [3.8, 4) is 0 Å². The standard InChI is InChI=1S/C22H28BF3N4O4/c1-7-10-27-17-15(22(24,25)26)12-28-19(30-17)29-13-8-9-16(14(11-13)18(31)32-6)23-33-20(2,3)21(4,5)34-23/h8-9,11-12H,7,10H2,1-6H3,(H2,27,28,29,30). The molecule has 0 radical (unpaired) electrons. The van der Waals surface area contributed by atoms with Crippen LogP contribution < -0.4 is 16.1 Å². The van der Waals surface area contributed by atoms with E-state index in [0.717, 1.165) is 0 Å². The van der Waals surface area contributed by atoms with Crippen molar-refractivity contribution in [2.45, 2.75) is 58.4 Å². The molecular formula is C22H28BF3N4O4. The molecule has 1 aromatic carbocycles. The van der Waals surface area contributed by atoms with E-state index in [-0.39, 0.29) is 17.3 Å². The minimum absolute atomic E-state index is 0.0641. The van der Waals surface area contributed by atoms with E-state index in [1.165, 1.54) is 13.2 Å². The number of carbonyl (C=O) groups excluding carboxylic acids is 1. The van der Waals surface area contributed by atoms with E-state index in [1.807, 2.05) is 34.6 Å². The minimum Gasteiger partial charge on any atom is -0.465 e. The fourth-order valence-electron chi connectivity index (χ4n) is 3.25. The maximum atomic E-state index is 13.3. The first-order valence-electron chi connectivity index (χ1n) is 10.8. The van der Waals surface area contributed by atoms with Crippen molar-refractivity contribution in [2.24, 2.45) is 0 Å². The second-order valence-corrected chi connectivity index (χ2v) is 8.89. The summed E-state index contributed by atoms with van der Waals surface area (Å²) in [4.78, 5) is 20.3. The highest BCUT2D eigenvalue weighted by molar-refractivity contribution is 6.63. The van der Waals surface area contributed by atoms with Crippen LogP contribution in [0.4, 0.5) is 30.6 Å². The van der Waals surface area contributed by atoms with Crippen LogP contribution in [-0.4, -0.2) is 47.9 Å². The number of carbonyl (C=O) groups is 1. The smallest absolute Gasteiger partial charge is 0.465 e. The minimum atomic E-state index is -4.60. The molecule has 0 spiro atoms. The van der Waals surface area contributed by atoms with Crippen LogP contribution in [0.1, 0.15) is 57.0 Å². The zero-order valence-corrected chi connectivity index (χ0v) is 20.0. The zero-order valence-electron chi connectivity index (χ0n) is 20.0. The van der Waals surface area contributed by atoms with E-state index in [2.05, 4.69) is 20.6 Å². The molecule has 0 saturated carbocycles. The molecule has 1 aliphatic heterocycles. The molecule has 8 nitrogen and oxygen atoms in total. The molecule has 12 heteroatoms. The Morgan fingerprint density at radius 3 is 2.38 bits per heavy atom. The fourth-order valence-corrected chi connectivity index (χ4v) is 3.25. The average molecular weight is 480 g/mol. The van der Waals surface area contributed by atoms with E-state index in [0.29, 0.717) is 30.3 Å². The van der Waals surface area contributed by atoms with E-state index < -0.39 is 36.0 Å². The molecule has 0 amide bonds. The quantitative estimate of drug-likeness (QED) is 0.451. The lowest BCUT2D eigenvalue weighted by Gasteiger charge is -2.32. The molecule has 0 atom stereocenters. The van der Waals surface area contributed by atoms with Gasteiger partial charge in [-0.25, -0.2) is 9.78 Å². The third-order valence-corrected chi connectivity index (χ3v) is 5.86. The summed E-state index contributed by atoms with van der Waals surface area (Å²) in [5, 5.41) is 5.53. The predicted molar refractivity (Wildman–Crippen MR) is 123 cm³/mol. The summed E-state index contributed by atoms with van der Waals surface area (Å²) in [6.07, 6.45) is -3.27. The molecule has 1 fully saturated rings. The van der Waals surface area contributed by atoms with Gasteiger partial charge >= 0.3 is 19.3 Å². The van der Waals surface area contributed by atoms with E-state index in [4.69, 9.17) is 14.0 Å². The molecule has 0 unspecified atom stereocenters. The molecule has 0 aliphatic carbocycles. The Labute approximate surface area is 196 Å². The van der Waals surface area contributed by atoms with Crippen molar-refractivity contribution in [2.75, 3.05) is 24.3 Å². The number of nitrogens with one attached hydrogen (secondary N) is 2. The molecule has 0 bridgehead atoms. The molecule has 1 saturated heterocycles. The van der Waals surface area contributed by atoms with Gasteiger partial charge in [-0.15, -0.1) is 0 Å². The Morgan fingerprint density at radius 2 is 1.82 bits per heavy atom. The Morgan fingerprint density at radius 1 is 1.18 bits per heavy atom. The Bertz CT molecular complexity index is 1050. The fraction of sp³-hybridized carbons (Fsp3) is 0.500. The lowest BCUT2D eigenvalue weighted by molar-refractivity contribution is -0.137. The highest BCUT2D eigenvalue weighted by Gasteiger charge is 2.52. The van der Waals surface area contributed by atoms with Crippen LogP contribution in [0.5, 0.6) is 0 Å². The maximum absolute atomic E-state index is 13.3. The van der Waals surface area contributed by atoms with E-state index >= 15 is 0 Å². The van der Waals surface area contributed by atoms with Gasteiger partial charge in [0.25, 0.3) is 0 Å². The number of ether oxygens (including phenoxy) is 1. The van der Waals surface area contributed by atoms with Gasteiger partial charge in [0.15, 0.2) is 0 Å². The van der Waals surface area contributed by atoms with Crippen LogP contribution >= 0.6 is 0 Å². The SMILES string of the molecule is CCCNc1nc(Nc2ccc(B3OC(C)(C)C(C)(C)O3)c(C(=O)OC)c2)ncc1C(F)(F)F. The maximum Gasteiger partial charge on any atom is 0.495 e. The number of rotatable bonds is 7. The first-order chi connectivity index (χ1) is 15.8. The Balaban J connectivity index is 1.94. The van der Waals surface area contributed by atoms with Gasteiger partial charge in [-0.05, 0) is 51.7 Å². The number of alkyl halides is 3. The van der Waals surface area contributed by atoms with Crippen LogP contribution in [-0.2, 0) is 20.2 Å². The number of hydrogen-bond donors (Lipinski definition) is 2. The number of benzene rings is 1. The highest BCUT2D eigenvalue weighted by Crippen LogP contribution is 2.37. The first-order valence-corrected chi connectivity index (χ1v) is 10.8. The van der Waals surface area contributed by atoms with Crippen LogP contribution in [0.2, 0.25) is 0 Å². The second kappa shape index (κ2) is 9.42. The van der Waals surface area contributed by atoms with Crippen LogP contribution in [0.25, 0.3) is 0 Å². The lowest BCUT2D eigenvalue weighted by atomic mass is 9.75. The molecule has 184 valence electrons. The number of methoxy groups -OCH3 is 1. The zero-order chi connectivity index (χ0) is 25.3. The number of nitrogens with zero attached hydrogens (tertiary/aromatic N) is 2. The topological polar surface area (TPSA) is 94.6 Å². The molecular weight excluding hydrogens is 452 g/mol. The molecule has 2 aromatic rings. The third-order valence-electron chi connectivity index (χ3n) is 5.86. The Kier molecular flexibility index (Phi) is 7.14. The molecule has 3 rings (SSSR count). The number of hydrogen-bond acceptors (Lipinski definition) is 8.